The number of aliphatic carboxylic acids is 2. The predicted molar refractivity (Wildman–Crippen MR) is 164 cm³/mol. The maximum Gasteiger partial charge on any atom is 0.335 e. The van der Waals surface area contributed by atoms with Crippen LogP contribution >= 0.6 is 0 Å². The van der Waals surface area contributed by atoms with Crippen LogP contribution < -0.4 is 0 Å². The fourth-order valence-corrected chi connectivity index (χ4v) is 12.7. The molecule has 6 aliphatic rings. The van der Waals surface area contributed by atoms with Crippen LogP contribution in [0.5, 0.6) is 0 Å². The Morgan fingerprint density at radius 1 is 0.795 bits per heavy atom. The molecule has 6 rings (SSSR count). The number of fused-ring (bicyclic) bond motifs is 7. The zero-order chi connectivity index (χ0) is 32.4. The third kappa shape index (κ3) is 4.15. The van der Waals surface area contributed by atoms with E-state index in [0.29, 0.717) is 11.8 Å². The molecule has 13 atom stereocenters. The molecule has 8 heteroatoms. The fourth-order valence-electron chi connectivity index (χ4n) is 12.7. The number of ether oxygens (including phenoxy) is 1. The standard InChI is InChI=1S/C36H56O8/c1-31(2)14-16-36(30(42)43)17-15-34(6)19(21(36)18-31)8-9-23-33(5)12-10-20(32(3,4)22(33)11-13-35(23,34)7)27-25(38)24(37)26(39)28(44-27)29(40)41/h8,20-28,37-39H,9-18H2,1-7H3,(H,40,41)(H,42,43)/t20?,21?,22?,23?,24?,25?,26-,27+,28?,33+,34-,35-,36+/m1/s1. The summed E-state index contributed by atoms with van der Waals surface area (Å²) < 4.78 is 5.92. The van der Waals surface area contributed by atoms with Gasteiger partial charge >= 0.3 is 11.9 Å². The number of carbonyl (C=O) groups is 2. The molecule has 0 radical (unpaired) electrons. The summed E-state index contributed by atoms with van der Waals surface area (Å²) in [4.78, 5) is 24.8. The quantitative estimate of drug-likeness (QED) is 0.264. The number of hydrogen-bond acceptors (Lipinski definition) is 6. The highest BCUT2D eigenvalue weighted by Crippen LogP contribution is 2.76. The lowest BCUT2D eigenvalue weighted by Crippen LogP contribution is -2.67. The summed E-state index contributed by atoms with van der Waals surface area (Å²) >= 11 is 0. The van der Waals surface area contributed by atoms with Crippen LogP contribution in [0, 0.1) is 56.2 Å². The van der Waals surface area contributed by atoms with Gasteiger partial charge in [0.05, 0.1) is 11.5 Å². The van der Waals surface area contributed by atoms with Gasteiger partial charge in [0.1, 0.15) is 18.3 Å². The first-order valence-corrected chi connectivity index (χ1v) is 17.1. The fraction of sp³-hybridized carbons (Fsp3) is 0.889. The molecule has 4 saturated carbocycles. The van der Waals surface area contributed by atoms with Crippen LogP contribution in [-0.4, -0.2) is 68.0 Å². The number of hydrogen-bond donors (Lipinski definition) is 5. The monoisotopic (exact) mass is 616 g/mol. The topological polar surface area (TPSA) is 145 Å². The van der Waals surface area contributed by atoms with Crippen molar-refractivity contribution in [2.45, 2.75) is 143 Å². The van der Waals surface area contributed by atoms with Gasteiger partial charge in [-0.2, -0.15) is 0 Å². The minimum atomic E-state index is -1.68. The van der Waals surface area contributed by atoms with Crippen LogP contribution in [-0.2, 0) is 14.3 Å². The maximum atomic E-state index is 12.9. The van der Waals surface area contributed by atoms with Crippen molar-refractivity contribution >= 4 is 11.9 Å². The van der Waals surface area contributed by atoms with E-state index in [-0.39, 0.29) is 38.9 Å². The Morgan fingerprint density at radius 3 is 2.09 bits per heavy atom. The van der Waals surface area contributed by atoms with Gasteiger partial charge in [-0.15, -0.1) is 0 Å². The van der Waals surface area contributed by atoms with Crippen molar-refractivity contribution in [3.63, 3.8) is 0 Å². The summed E-state index contributed by atoms with van der Waals surface area (Å²) in [6.07, 6.45) is 4.29. The average Bonchev–Trinajstić information content (AvgIpc) is 2.92. The molecule has 0 aromatic heterocycles. The summed E-state index contributed by atoms with van der Waals surface area (Å²) in [7, 11) is 0. The largest absolute Gasteiger partial charge is 0.481 e. The number of carboxylic acids is 2. The van der Waals surface area contributed by atoms with E-state index in [9.17, 15) is 35.1 Å². The molecule has 1 saturated heterocycles. The third-order valence-electron chi connectivity index (χ3n) is 15.5. The zero-order valence-electron chi connectivity index (χ0n) is 27.8. The van der Waals surface area contributed by atoms with Gasteiger partial charge in [-0.05, 0) is 115 Å². The van der Waals surface area contributed by atoms with Crippen LogP contribution in [0.15, 0.2) is 11.6 Å². The molecule has 0 aromatic carbocycles. The summed E-state index contributed by atoms with van der Waals surface area (Å²) in [5, 5.41) is 52.3. The molecular formula is C36H56O8. The first-order chi connectivity index (χ1) is 20.3. The molecule has 5 N–H and O–H groups in total. The summed E-state index contributed by atoms with van der Waals surface area (Å²) in [5.74, 6) is -1.34. The molecule has 0 bridgehead atoms. The van der Waals surface area contributed by atoms with Gasteiger partial charge in [0, 0.05) is 0 Å². The van der Waals surface area contributed by atoms with E-state index in [2.05, 4.69) is 54.5 Å². The van der Waals surface area contributed by atoms with E-state index in [1.54, 1.807) is 0 Å². The van der Waals surface area contributed by atoms with Crippen molar-refractivity contribution in [3.8, 4) is 0 Å². The zero-order valence-corrected chi connectivity index (χ0v) is 27.8. The molecule has 248 valence electrons. The Kier molecular flexibility index (Phi) is 7.39. The molecule has 0 amide bonds. The van der Waals surface area contributed by atoms with Crippen LogP contribution in [0.4, 0.5) is 0 Å². The highest BCUT2D eigenvalue weighted by atomic mass is 16.6. The summed E-state index contributed by atoms with van der Waals surface area (Å²) in [5.41, 5.74) is 0.522. The van der Waals surface area contributed by atoms with Gasteiger partial charge in [0.2, 0.25) is 0 Å². The van der Waals surface area contributed by atoms with Gasteiger partial charge in [0.25, 0.3) is 0 Å². The van der Waals surface area contributed by atoms with E-state index < -0.39 is 47.9 Å². The molecule has 5 fully saturated rings. The minimum Gasteiger partial charge on any atom is -0.481 e. The third-order valence-corrected chi connectivity index (χ3v) is 15.5. The van der Waals surface area contributed by atoms with Crippen molar-refractivity contribution in [2.24, 2.45) is 56.2 Å². The Labute approximate surface area is 262 Å². The van der Waals surface area contributed by atoms with Gasteiger partial charge in [-0.1, -0.05) is 60.1 Å². The van der Waals surface area contributed by atoms with Crippen molar-refractivity contribution in [1.29, 1.82) is 0 Å². The van der Waals surface area contributed by atoms with Crippen molar-refractivity contribution in [3.05, 3.63) is 11.6 Å². The van der Waals surface area contributed by atoms with Crippen LogP contribution in [0.3, 0.4) is 0 Å². The Hall–Kier alpha value is -1.48. The highest BCUT2D eigenvalue weighted by Gasteiger charge is 2.70. The second kappa shape index (κ2) is 10.0. The van der Waals surface area contributed by atoms with E-state index in [0.717, 1.165) is 64.2 Å². The number of rotatable bonds is 3. The highest BCUT2D eigenvalue weighted by molar-refractivity contribution is 5.76. The molecule has 0 spiro atoms. The normalized spacial score (nSPS) is 52.8. The van der Waals surface area contributed by atoms with Crippen LogP contribution in [0.25, 0.3) is 0 Å². The smallest absolute Gasteiger partial charge is 0.335 e. The lowest BCUT2D eigenvalue weighted by atomic mass is 9.33. The first kappa shape index (κ1) is 32.5. The second-order valence-corrected chi connectivity index (χ2v) is 18.0. The molecule has 7 unspecified atom stereocenters. The van der Waals surface area contributed by atoms with Gasteiger partial charge < -0.3 is 30.3 Å². The second-order valence-electron chi connectivity index (χ2n) is 18.0. The molecule has 8 nitrogen and oxygen atoms in total. The van der Waals surface area contributed by atoms with Crippen molar-refractivity contribution < 1.29 is 39.9 Å². The number of aliphatic hydroxyl groups is 3. The molecule has 44 heavy (non-hydrogen) atoms. The lowest BCUT2D eigenvalue weighted by Gasteiger charge is -2.71. The van der Waals surface area contributed by atoms with E-state index >= 15 is 0 Å². The molecule has 5 aliphatic carbocycles. The summed E-state index contributed by atoms with van der Waals surface area (Å²) in [6, 6.07) is 0. The van der Waals surface area contributed by atoms with Gasteiger partial charge in [-0.3, -0.25) is 4.79 Å². The molecule has 1 heterocycles. The molecular weight excluding hydrogens is 560 g/mol. The van der Waals surface area contributed by atoms with E-state index in [4.69, 9.17) is 4.74 Å². The number of carboxylic acid groups (broad SMARTS) is 2. The Morgan fingerprint density at radius 2 is 1.45 bits per heavy atom. The van der Waals surface area contributed by atoms with Gasteiger partial charge in [0.15, 0.2) is 6.10 Å². The van der Waals surface area contributed by atoms with Gasteiger partial charge in [-0.25, -0.2) is 4.79 Å². The Bertz CT molecular complexity index is 1240. The summed E-state index contributed by atoms with van der Waals surface area (Å²) in [6.45, 7) is 16.4. The van der Waals surface area contributed by atoms with Crippen molar-refractivity contribution in [1.82, 2.24) is 0 Å². The minimum absolute atomic E-state index is 0.00480. The SMILES string of the molecule is CC1(C)CC[C@]2(C(=O)O)CC[C@]3(C)C(=CCC4[C@@]5(C)CCC([C@@H]6OC(C(=O)O)[C@H](O)C(O)C6O)C(C)(C)C5CC[C@]43C)C2C1. The maximum absolute atomic E-state index is 12.9. The number of allylic oxidation sites excluding steroid dienone is 2. The van der Waals surface area contributed by atoms with E-state index in [1.807, 2.05) is 0 Å². The lowest BCUT2D eigenvalue weighted by molar-refractivity contribution is -0.264. The first-order valence-electron chi connectivity index (χ1n) is 17.1. The molecule has 1 aliphatic heterocycles. The number of aliphatic hydroxyl groups excluding tert-OH is 3. The Balaban J connectivity index is 1.34. The molecule has 0 aromatic rings. The van der Waals surface area contributed by atoms with Crippen molar-refractivity contribution in [2.75, 3.05) is 0 Å². The van der Waals surface area contributed by atoms with E-state index in [1.165, 1.54) is 5.57 Å². The average molecular weight is 617 g/mol. The van der Waals surface area contributed by atoms with Crippen LogP contribution in [0.2, 0.25) is 0 Å². The van der Waals surface area contributed by atoms with Crippen LogP contribution in [0.1, 0.15) is 113 Å². The predicted octanol–water partition coefficient (Wildman–Crippen LogP) is 5.42.